The predicted molar refractivity (Wildman–Crippen MR) is 90.0 cm³/mol. The van der Waals surface area contributed by atoms with Crippen LogP contribution < -0.4 is 5.32 Å². The van der Waals surface area contributed by atoms with Crippen molar-refractivity contribution in [3.05, 3.63) is 47.2 Å². The number of rotatable bonds is 5. The minimum atomic E-state index is -5.15. The average Bonchev–Trinajstić information content (AvgIpc) is 3.40. The zero-order valence-electron chi connectivity index (χ0n) is 14.9. The molecule has 1 aromatic rings. The van der Waals surface area contributed by atoms with Gasteiger partial charge in [-0.2, -0.15) is 13.2 Å². The Morgan fingerprint density at radius 1 is 1.22 bits per heavy atom. The highest BCUT2D eigenvalue weighted by molar-refractivity contribution is 6.12. The van der Waals surface area contributed by atoms with Crippen LogP contribution in [-0.4, -0.2) is 34.2 Å². The fraction of sp³-hybridized carbons (Fsp3) is 0.421. The lowest BCUT2D eigenvalue weighted by Crippen LogP contribution is -2.66. The average molecular weight is 380 g/mol. The third kappa shape index (κ3) is 3.13. The lowest BCUT2D eigenvalue weighted by atomic mass is 9.86. The van der Waals surface area contributed by atoms with Gasteiger partial charge in [-0.05, 0) is 32.3 Å². The summed E-state index contributed by atoms with van der Waals surface area (Å²) in [5, 5.41) is 1.89. The number of nitrogens with one attached hydrogen (secondary N) is 1. The van der Waals surface area contributed by atoms with Crippen molar-refractivity contribution in [1.82, 2.24) is 10.2 Å². The number of halogens is 3. The van der Waals surface area contributed by atoms with E-state index in [9.17, 15) is 27.6 Å². The van der Waals surface area contributed by atoms with Crippen LogP contribution >= 0.6 is 0 Å². The maximum atomic E-state index is 14.2. The summed E-state index contributed by atoms with van der Waals surface area (Å²) in [6.07, 6.45) is -4.21. The van der Waals surface area contributed by atoms with Gasteiger partial charge in [-0.25, -0.2) is 0 Å². The van der Waals surface area contributed by atoms with E-state index in [0.29, 0.717) is 18.4 Å². The molecule has 0 aromatic heterocycles. The molecule has 1 aliphatic heterocycles. The van der Waals surface area contributed by atoms with Crippen LogP contribution in [-0.2, 0) is 20.9 Å². The lowest BCUT2D eigenvalue weighted by molar-refractivity contribution is -0.194. The third-order valence-corrected chi connectivity index (χ3v) is 4.93. The largest absolute Gasteiger partial charge is 0.425 e. The Morgan fingerprint density at radius 3 is 2.30 bits per heavy atom. The molecule has 0 bridgehead atoms. The van der Waals surface area contributed by atoms with Crippen molar-refractivity contribution in [2.24, 2.45) is 5.92 Å². The maximum absolute atomic E-state index is 14.2. The van der Waals surface area contributed by atoms with Crippen LogP contribution in [0.4, 0.5) is 13.2 Å². The quantitative estimate of drug-likeness (QED) is 0.854. The number of hydrogen-bond donors (Lipinski definition) is 1. The van der Waals surface area contributed by atoms with Crippen LogP contribution in [0.25, 0.3) is 0 Å². The normalized spacial score (nSPS) is 23.0. The first kappa shape index (κ1) is 19.1. The fourth-order valence-corrected chi connectivity index (χ4v) is 3.43. The van der Waals surface area contributed by atoms with Gasteiger partial charge in [0.2, 0.25) is 11.4 Å². The van der Waals surface area contributed by atoms with Crippen molar-refractivity contribution < 1.29 is 27.6 Å². The van der Waals surface area contributed by atoms with E-state index in [2.05, 4.69) is 0 Å². The summed E-state index contributed by atoms with van der Waals surface area (Å²) in [4.78, 5) is 38.2. The van der Waals surface area contributed by atoms with Gasteiger partial charge in [0.05, 0.1) is 12.1 Å². The molecule has 2 amide bonds. The maximum Gasteiger partial charge on any atom is 0.425 e. The van der Waals surface area contributed by atoms with Gasteiger partial charge in [-0.1, -0.05) is 30.3 Å². The number of benzene rings is 1. The number of hydrogen-bond acceptors (Lipinski definition) is 3. The van der Waals surface area contributed by atoms with Crippen LogP contribution in [0.1, 0.15) is 32.3 Å². The smallest absolute Gasteiger partial charge is 0.330 e. The molecule has 1 N–H and O–H groups in total. The van der Waals surface area contributed by atoms with Gasteiger partial charge in [0, 0.05) is 11.6 Å². The number of alkyl halides is 3. The number of amides is 2. The molecule has 144 valence electrons. The Morgan fingerprint density at radius 2 is 1.81 bits per heavy atom. The number of carbonyl (C=O) groups excluding carboxylic acids is 3. The van der Waals surface area contributed by atoms with Crippen LogP contribution in [0.3, 0.4) is 0 Å². The van der Waals surface area contributed by atoms with Crippen LogP contribution in [0.2, 0.25) is 0 Å². The van der Waals surface area contributed by atoms with Crippen molar-refractivity contribution in [3.8, 4) is 0 Å². The summed E-state index contributed by atoms with van der Waals surface area (Å²) >= 11 is 0. The second kappa shape index (κ2) is 6.51. The van der Waals surface area contributed by atoms with E-state index < -0.39 is 40.8 Å². The summed E-state index contributed by atoms with van der Waals surface area (Å²) in [6, 6.07) is 8.49. The van der Waals surface area contributed by atoms with Crippen molar-refractivity contribution >= 4 is 17.6 Å². The fourth-order valence-electron chi connectivity index (χ4n) is 3.43. The van der Waals surface area contributed by atoms with Crippen LogP contribution in [0, 0.1) is 5.92 Å². The second-order valence-electron chi connectivity index (χ2n) is 6.90. The minimum Gasteiger partial charge on any atom is -0.330 e. The van der Waals surface area contributed by atoms with E-state index in [0.717, 1.165) is 11.8 Å². The van der Waals surface area contributed by atoms with Gasteiger partial charge in [-0.3, -0.25) is 14.4 Å². The first-order chi connectivity index (χ1) is 12.6. The summed E-state index contributed by atoms with van der Waals surface area (Å²) in [6.45, 7) is 2.15. The Kier molecular flexibility index (Phi) is 4.61. The number of ketones is 1. The topological polar surface area (TPSA) is 66.5 Å². The molecule has 27 heavy (non-hydrogen) atoms. The van der Waals surface area contributed by atoms with Gasteiger partial charge in [0.1, 0.15) is 0 Å². The third-order valence-electron chi connectivity index (χ3n) is 4.93. The van der Waals surface area contributed by atoms with Gasteiger partial charge in [0.15, 0.2) is 5.78 Å². The second-order valence-corrected chi connectivity index (χ2v) is 6.90. The SMILES string of the molecule is CC(=O)C1=C(C)N(Cc2ccccc2)C(=O)[C@]1(NC(=O)C1CC1)C(F)(F)F. The Balaban J connectivity index is 2.09. The van der Waals surface area contributed by atoms with Gasteiger partial charge in [-0.15, -0.1) is 0 Å². The molecule has 1 atom stereocenters. The number of carbonyl (C=O) groups is 3. The molecule has 2 aliphatic rings. The molecule has 1 fully saturated rings. The number of Topliss-reactive ketones (excluding diaryl/α,β-unsaturated/α-hetero) is 1. The van der Waals surface area contributed by atoms with Gasteiger partial charge >= 0.3 is 6.18 Å². The molecule has 0 radical (unpaired) electrons. The van der Waals surface area contributed by atoms with Crippen molar-refractivity contribution in [3.63, 3.8) is 0 Å². The first-order valence-corrected chi connectivity index (χ1v) is 8.56. The molecular weight excluding hydrogens is 361 g/mol. The van der Waals surface area contributed by atoms with E-state index in [1.54, 1.807) is 30.3 Å². The minimum absolute atomic E-state index is 0.0928. The van der Waals surface area contributed by atoms with Crippen molar-refractivity contribution in [2.75, 3.05) is 0 Å². The van der Waals surface area contributed by atoms with E-state index in [4.69, 9.17) is 0 Å². The molecular formula is C19H19F3N2O3. The zero-order valence-corrected chi connectivity index (χ0v) is 14.9. The Hall–Kier alpha value is -2.64. The van der Waals surface area contributed by atoms with E-state index >= 15 is 0 Å². The molecule has 8 heteroatoms. The van der Waals surface area contributed by atoms with Crippen LogP contribution in [0.15, 0.2) is 41.6 Å². The summed E-state index contributed by atoms with van der Waals surface area (Å²) < 4.78 is 42.5. The zero-order chi connectivity index (χ0) is 20.0. The molecule has 0 saturated heterocycles. The molecule has 5 nitrogen and oxygen atoms in total. The molecule has 0 spiro atoms. The van der Waals surface area contributed by atoms with E-state index in [-0.39, 0.29) is 12.2 Å². The summed E-state index contributed by atoms with van der Waals surface area (Å²) in [7, 11) is 0. The Labute approximate surface area is 154 Å². The van der Waals surface area contributed by atoms with E-state index in [1.807, 2.05) is 5.32 Å². The highest BCUT2D eigenvalue weighted by Gasteiger charge is 2.70. The Bertz CT molecular complexity index is 828. The monoisotopic (exact) mass is 380 g/mol. The molecule has 3 rings (SSSR count). The molecule has 1 aromatic carbocycles. The molecule has 1 saturated carbocycles. The van der Waals surface area contributed by atoms with E-state index in [1.165, 1.54) is 6.92 Å². The first-order valence-electron chi connectivity index (χ1n) is 8.56. The predicted octanol–water partition coefficient (Wildman–Crippen LogP) is 2.72. The molecule has 1 heterocycles. The molecule has 1 aliphatic carbocycles. The summed E-state index contributed by atoms with van der Waals surface area (Å²) in [5.41, 5.74) is -3.54. The standard InChI is InChI=1S/C19H19F3N2O3/c1-11-15(12(2)25)18(19(20,21)22,23-16(26)14-8-9-14)17(27)24(11)10-13-6-4-3-5-7-13/h3-7,14H,8-10H2,1-2H3,(H,23,26)/t18-/m0/s1. The van der Waals surface area contributed by atoms with Gasteiger partial charge in [0.25, 0.3) is 5.91 Å². The van der Waals surface area contributed by atoms with Crippen LogP contribution in [0.5, 0.6) is 0 Å². The van der Waals surface area contributed by atoms with Gasteiger partial charge < -0.3 is 10.2 Å². The number of allylic oxidation sites excluding steroid dienone is 1. The number of nitrogens with zero attached hydrogens (tertiary/aromatic N) is 1. The van der Waals surface area contributed by atoms with Crippen molar-refractivity contribution in [2.45, 2.75) is 44.9 Å². The summed E-state index contributed by atoms with van der Waals surface area (Å²) in [5.74, 6) is -3.65. The lowest BCUT2D eigenvalue weighted by Gasteiger charge is -2.33. The highest BCUT2D eigenvalue weighted by Crippen LogP contribution is 2.46. The highest BCUT2D eigenvalue weighted by atomic mass is 19.4. The molecule has 0 unspecified atom stereocenters. The van der Waals surface area contributed by atoms with Crippen molar-refractivity contribution in [1.29, 1.82) is 0 Å².